The van der Waals surface area contributed by atoms with E-state index < -0.39 is 0 Å². The molecular weight excluding hydrogens is 368 g/mol. The molecule has 1 aromatic carbocycles. The molecule has 3 aromatic rings. The first-order valence-electron chi connectivity index (χ1n) is 8.33. The molecule has 0 spiro atoms. The standard InChI is InChI=1S/C19H20N2O3S2/c1-3-4-9-24-15-8-7-13(23-2)11-14(15)21-18(22)17-12-20-19(26-17)16-6-5-10-25-16/h5-8,10-12H,3-4,9H2,1-2H3,(H,21,22). The molecule has 0 aliphatic heterocycles. The number of hydrogen-bond acceptors (Lipinski definition) is 6. The predicted octanol–water partition coefficient (Wildman–Crippen LogP) is 5.31. The van der Waals surface area contributed by atoms with E-state index in [1.807, 2.05) is 29.6 Å². The normalized spacial score (nSPS) is 10.5. The van der Waals surface area contributed by atoms with E-state index in [1.165, 1.54) is 11.3 Å². The summed E-state index contributed by atoms with van der Waals surface area (Å²) < 4.78 is 11.1. The SMILES string of the molecule is CCCCOc1ccc(OC)cc1NC(=O)c1cnc(-c2cccs2)s1. The average Bonchev–Trinajstić information content (AvgIpc) is 3.34. The molecule has 0 atom stereocenters. The van der Waals surface area contributed by atoms with Gasteiger partial charge in [-0.25, -0.2) is 4.98 Å². The number of methoxy groups -OCH3 is 1. The van der Waals surface area contributed by atoms with E-state index in [9.17, 15) is 4.79 Å². The quantitative estimate of drug-likeness (QED) is 0.531. The number of thiophene rings is 1. The van der Waals surface area contributed by atoms with E-state index in [4.69, 9.17) is 9.47 Å². The molecule has 5 nitrogen and oxygen atoms in total. The van der Waals surface area contributed by atoms with Crippen molar-refractivity contribution in [3.63, 3.8) is 0 Å². The maximum atomic E-state index is 12.6. The molecule has 0 aliphatic carbocycles. The first-order chi connectivity index (χ1) is 12.7. The molecule has 0 fully saturated rings. The van der Waals surface area contributed by atoms with Gasteiger partial charge in [-0.15, -0.1) is 22.7 Å². The summed E-state index contributed by atoms with van der Waals surface area (Å²) in [5.74, 6) is 1.08. The zero-order valence-electron chi connectivity index (χ0n) is 14.7. The molecule has 0 saturated carbocycles. The predicted molar refractivity (Wildman–Crippen MR) is 107 cm³/mol. The topological polar surface area (TPSA) is 60.5 Å². The number of thiazole rings is 1. The van der Waals surface area contributed by atoms with Gasteiger partial charge in [-0.05, 0) is 30.0 Å². The lowest BCUT2D eigenvalue weighted by Gasteiger charge is -2.13. The van der Waals surface area contributed by atoms with Crippen molar-refractivity contribution in [2.24, 2.45) is 0 Å². The van der Waals surface area contributed by atoms with Crippen LogP contribution in [0, 0.1) is 0 Å². The number of ether oxygens (including phenoxy) is 2. The highest BCUT2D eigenvalue weighted by Gasteiger charge is 2.15. The second-order valence-electron chi connectivity index (χ2n) is 5.53. The first kappa shape index (κ1) is 18.4. The van der Waals surface area contributed by atoms with Crippen molar-refractivity contribution in [2.75, 3.05) is 19.0 Å². The van der Waals surface area contributed by atoms with Crippen molar-refractivity contribution < 1.29 is 14.3 Å². The third-order valence-corrected chi connectivity index (χ3v) is 5.69. The van der Waals surface area contributed by atoms with Gasteiger partial charge in [0.1, 0.15) is 21.4 Å². The smallest absolute Gasteiger partial charge is 0.267 e. The Balaban J connectivity index is 1.77. The van der Waals surface area contributed by atoms with Gasteiger partial charge in [0.25, 0.3) is 5.91 Å². The average molecular weight is 389 g/mol. The third kappa shape index (κ3) is 4.42. The molecule has 136 valence electrons. The molecular formula is C19H20N2O3S2. The summed E-state index contributed by atoms with van der Waals surface area (Å²) in [6.45, 7) is 2.71. The molecule has 2 aromatic heterocycles. The molecule has 0 unspecified atom stereocenters. The Hall–Kier alpha value is -2.38. The number of amides is 1. The van der Waals surface area contributed by atoms with Crippen LogP contribution in [0.3, 0.4) is 0 Å². The van der Waals surface area contributed by atoms with E-state index in [0.29, 0.717) is 28.7 Å². The fourth-order valence-corrected chi connectivity index (χ4v) is 3.88. The Morgan fingerprint density at radius 3 is 2.92 bits per heavy atom. The van der Waals surface area contributed by atoms with Gasteiger partial charge in [0.15, 0.2) is 0 Å². The summed E-state index contributed by atoms with van der Waals surface area (Å²) in [6, 6.07) is 9.36. The summed E-state index contributed by atoms with van der Waals surface area (Å²) in [6.07, 6.45) is 3.61. The summed E-state index contributed by atoms with van der Waals surface area (Å²) in [7, 11) is 1.59. The van der Waals surface area contributed by atoms with Gasteiger partial charge in [-0.2, -0.15) is 0 Å². The highest BCUT2D eigenvalue weighted by molar-refractivity contribution is 7.22. The molecule has 0 radical (unpaired) electrons. The van der Waals surface area contributed by atoms with Crippen LogP contribution in [0.2, 0.25) is 0 Å². The number of nitrogens with one attached hydrogen (secondary N) is 1. The molecule has 0 bridgehead atoms. The number of rotatable bonds is 8. The van der Waals surface area contributed by atoms with E-state index in [0.717, 1.165) is 22.7 Å². The zero-order chi connectivity index (χ0) is 18.4. The number of nitrogens with zero attached hydrogens (tertiary/aromatic N) is 1. The van der Waals surface area contributed by atoms with Crippen molar-refractivity contribution in [1.29, 1.82) is 0 Å². The third-order valence-electron chi connectivity index (χ3n) is 3.65. The van der Waals surface area contributed by atoms with Crippen molar-refractivity contribution in [2.45, 2.75) is 19.8 Å². The minimum atomic E-state index is -0.209. The number of benzene rings is 1. The molecule has 2 heterocycles. The minimum absolute atomic E-state index is 0.209. The number of carbonyl (C=O) groups is 1. The van der Waals surface area contributed by atoms with Crippen LogP contribution in [-0.4, -0.2) is 24.6 Å². The number of anilines is 1. The lowest BCUT2D eigenvalue weighted by molar-refractivity contribution is 0.103. The van der Waals surface area contributed by atoms with E-state index >= 15 is 0 Å². The first-order valence-corrected chi connectivity index (χ1v) is 10.0. The van der Waals surface area contributed by atoms with Gasteiger partial charge in [0, 0.05) is 6.07 Å². The number of aromatic nitrogens is 1. The van der Waals surface area contributed by atoms with Crippen LogP contribution in [-0.2, 0) is 0 Å². The largest absolute Gasteiger partial charge is 0.497 e. The molecule has 1 amide bonds. The van der Waals surface area contributed by atoms with E-state index in [-0.39, 0.29) is 5.91 Å². The lowest BCUT2D eigenvalue weighted by atomic mass is 10.2. The van der Waals surface area contributed by atoms with Crippen LogP contribution >= 0.6 is 22.7 Å². The highest BCUT2D eigenvalue weighted by Crippen LogP contribution is 2.32. The molecule has 26 heavy (non-hydrogen) atoms. The fraction of sp³-hybridized carbons (Fsp3) is 0.263. The molecule has 1 N–H and O–H groups in total. The fourth-order valence-electron chi connectivity index (χ4n) is 2.26. The Morgan fingerprint density at radius 2 is 2.19 bits per heavy atom. The number of unbranched alkanes of at least 4 members (excludes halogenated alkanes) is 1. The Labute approximate surface area is 160 Å². The van der Waals surface area contributed by atoms with Crippen molar-refractivity contribution in [1.82, 2.24) is 4.98 Å². The second kappa shape index (κ2) is 8.82. The van der Waals surface area contributed by atoms with Crippen LogP contribution in [0.1, 0.15) is 29.4 Å². The molecule has 0 aliphatic rings. The minimum Gasteiger partial charge on any atom is -0.497 e. The van der Waals surface area contributed by atoms with Crippen molar-refractivity contribution in [3.05, 3.63) is 46.8 Å². The summed E-state index contributed by atoms with van der Waals surface area (Å²) in [4.78, 5) is 18.6. The Kier molecular flexibility index (Phi) is 6.25. The van der Waals surface area contributed by atoms with E-state index in [1.54, 1.807) is 30.7 Å². The van der Waals surface area contributed by atoms with Crippen LogP contribution in [0.15, 0.2) is 41.9 Å². The van der Waals surface area contributed by atoms with Crippen LogP contribution in [0.25, 0.3) is 9.88 Å². The summed E-state index contributed by atoms with van der Waals surface area (Å²) in [5.41, 5.74) is 0.594. The highest BCUT2D eigenvalue weighted by atomic mass is 32.1. The summed E-state index contributed by atoms with van der Waals surface area (Å²) in [5, 5.41) is 5.75. The van der Waals surface area contributed by atoms with Gasteiger partial charge in [0.05, 0.1) is 30.5 Å². The van der Waals surface area contributed by atoms with Crippen molar-refractivity contribution in [3.8, 4) is 21.4 Å². The number of carbonyl (C=O) groups excluding carboxylic acids is 1. The van der Waals surface area contributed by atoms with Gasteiger partial charge >= 0.3 is 0 Å². The summed E-state index contributed by atoms with van der Waals surface area (Å²) >= 11 is 2.97. The Morgan fingerprint density at radius 1 is 1.31 bits per heavy atom. The van der Waals surface area contributed by atoms with Gasteiger partial charge in [-0.3, -0.25) is 4.79 Å². The van der Waals surface area contributed by atoms with Crippen LogP contribution < -0.4 is 14.8 Å². The van der Waals surface area contributed by atoms with Crippen molar-refractivity contribution >= 4 is 34.3 Å². The molecule has 7 heteroatoms. The van der Waals surface area contributed by atoms with Gasteiger partial charge < -0.3 is 14.8 Å². The lowest BCUT2D eigenvalue weighted by Crippen LogP contribution is -2.12. The van der Waals surface area contributed by atoms with E-state index in [2.05, 4.69) is 17.2 Å². The van der Waals surface area contributed by atoms with Crippen LogP contribution in [0.4, 0.5) is 5.69 Å². The number of hydrogen-bond donors (Lipinski definition) is 1. The monoisotopic (exact) mass is 388 g/mol. The van der Waals surface area contributed by atoms with Crippen LogP contribution in [0.5, 0.6) is 11.5 Å². The molecule has 3 rings (SSSR count). The van der Waals surface area contributed by atoms with Gasteiger partial charge in [0.2, 0.25) is 0 Å². The van der Waals surface area contributed by atoms with Gasteiger partial charge in [-0.1, -0.05) is 19.4 Å². The zero-order valence-corrected chi connectivity index (χ0v) is 16.3. The Bertz CT molecular complexity index is 860. The second-order valence-corrected chi connectivity index (χ2v) is 7.50. The molecule has 0 saturated heterocycles. The maximum absolute atomic E-state index is 12.6. The maximum Gasteiger partial charge on any atom is 0.267 e.